The highest BCUT2D eigenvalue weighted by molar-refractivity contribution is 5.40. The maximum atomic E-state index is 6.13. The predicted octanol–water partition coefficient (Wildman–Crippen LogP) is 7.27. The molecule has 0 aliphatic heterocycles. The standard InChI is InChI=1S/C25H45NO2/c1-4-7-9-11-13-15-19-27-24-18-17-23(22-26-6-3)25(21-24)28-20-16-14-12-10-8-5-2/h17-18,21,26H,4-16,19-20,22H2,1-3H3. The van der Waals surface area contributed by atoms with Gasteiger partial charge in [-0.2, -0.15) is 0 Å². The number of nitrogens with one attached hydrogen (secondary N) is 1. The third-order valence-corrected chi connectivity index (χ3v) is 5.13. The molecule has 0 aromatic heterocycles. The van der Waals surface area contributed by atoms with Gasteiger partial charge < -0.3 is 14.8 Å². The van der Waals surface area contributed by atoms with Crippen LogP contribution in [0.3, 0.4) is 0 Å². The van der Waals surface area contributed by atoms with Gasteiger partial charge in [-0.1, -0.05) is 91.0 Å². The molecule has 0 fully saturated rings. The fraction of sp³-hybridized carbons (Fsp3) is 0.760. The lowest BCUT2D eigenvalue weighted by atomic mass is 10.1. The summed E-state index contributed by atoms with van der Waals surface area (Å²) in [7, 11) is 0. The van der Waals surface area contributed by atoms with Gasteiger partial charge in [-0.05, 0) is 25.5 Å². The van der Waals surface area contributed by atoms with E-state index in [1.54, 1.807) is 0 Å². The quantitative estimate of drug-likeness (QED) is 0.251. The van der Waals surface area contributed by atoms with Crippen molar-refractivity contribution >= 4 is 0 Å². The molecule has 0 saturated carbocycles. The van der Waals surface area contributed by atoms with Crippen molar-refractivity contribution in [2.45, 2.75) is 104 Å². The van der Waals surface area contributed by atoms with Gasteiger partial charge >= 0.3 is 0 Å². The van der Waals surface area contributed by atoms with E-state index in [0.29, 0.717) is 0 Å². The van der Waals surface area contributed by atoms with Crippen LogP contribution in [0.25, 0.3) is 0 Å². The number of ether oxygens (including phenoxy) is 2. The van der Waals surface area contributed by atoms with Gasteiger partial charge in [0.25, 0.3) is 0 Å². The van der Waals surface area contributed by atoms with Gasteiger partial charge in [0.05, 0.1) is 13.2 Å². The van der Waals surface area contributed by atoms with E-state index in [4.69, 9.17) is 9.47 Å². The van der Waals surface area contributed by atoms with Gasteiger partial charge in [-0.25, -0.2) is 0 Å². The molecule has 1 aromatic carbocycles. The summed E-state index contributed by atoms with van der Waals surface area (Å²) in [6, 6.07) is 6.32. The summed E-state index contributed by atoms with van der Waals surface area (Å²) in [4.78, 5) is 0. The molecule has 0 saturated heterocycles. The SMILES string of the molecule is CCCCCCCCOc1ccc(CNCC)c(OCCCCCCCC)c1. The highest BCUT2D eigenvalue weighted by Gasteiger charge is 2.06. The molecular weight excluding hydrogens is 346 g/mol. The zero-order chi connectivity index (χ0) is 20.3. The molecule has 1 N–H and O–H groups in total. The molecular formula is C25H45NO2. The summed E-state index contributed by atoms with van der Waals surface area (Å²) in [5, 5.41) is 3.40. The van der Waals surface area contributed by atoms with Crippen molar-refractivity contribution in [3.05, 3.63) is 23.8 Å². The van der Waals surface area contributed by atoms with Crippen LogP contribution in [-0.4, -0.2) is 19.8 Å². The maximum Gasteiger partial charge on any atom is 0.127 e. The summed E-state index contributed by atoms with van der Waals surface area (Å²) in [6.45, 7) is 10.1. The van der Waals surface area contributed by atoms with Crippen LogP contribution < -0.4 is 14.8 Å². The number of rotatable bonds is 19. The van der Waals surface area contributed by atoms with Crippen LogP contribution in [-0.2, 0) is 6.54 Å². The monoisotopic (exact) mass is 391 g/mol. The molecule has 0 spiro atoms. The van der Waals surface area contributed by atoms with Gasteiger partial charge in [0, 0.05) is 18.2 Å². The zero-order valence-electron chi connectivity index (χ0n) is 18.9. The number of hydrogen-bond donors (Lipinski definition) is 1. The van der Waals surface area contributed by atoms with Gasteiger partial charge in [0.2, 0.25) is 0 Å². The molecule has 3 nitrogen and oxygen atoms in total. The van der Waals surface area contributed by atoms with Crippen molar-refractivity contribution in [1.82, 2.24) is 5.32 Å². The van der Waals surface area contributed by atoms with Crippen molar-refractivity contribution in [3.8, 4) is 11.5 Å². The van der Waals surface area contributed by atoms with Crippen LogP contribution in [0.5, 0.6) is 11.5 Å². The molecule has 0 radical (unpaired) electrons. The Hall–Kier alpha value is -1.22. The number of benzene rings is 1. The second-order valence-electron chi connectivity index (χ2n) is 7.78. The zero-order valence-corrected chi connectivity index (χ0v) is 18.9. The van der Waals surface area contributed by atoms with Gasteiger partial charge in [0.15, 0.2) is 0 Å². The van der Waals surface area contributed by atoms with Crippen LogP contribution in [0.1, 0.15) is 103 Å². The average Bonchev–Trinajstić information content (AvgIpc) is 2.71. The van der Waals surface area contributed by atoms with E-state index in [-0.39, 0.29) is 0 Å². The first-order valence-electron chi connectivity index (χ1n) is 11.9. The van der Waals surface area contributed by atoms with Crippen LogP contribution >= 0.6 is 0 Å². The molecule has 162 valence electrons. The molecule has 1 aromatic rings. The highest BCUT2D eigenvalue weighted by Crippen LogP contribution is 2.26. The Morgan fingerprint density at radius 1 is 0.679 bits per heavy atom. The second kappa shape index (κ2) is 17.8. The largest absolute Gasteiger partial charge is 0.493 e. The number of unbranched alkanes of at least 4 members (excludes halogenated alkanes) is 10. The minimum absolute atomic E-state index is 0.798. The summed E-state index contributed by atoms with van der Waals surface area (Å²) in [5.41, 5.74) is 1.22. The molecule has 1 rings (SSSR count). The Morgan fingerprint density at radius 2 is 1.25 bits per heavy atom. The van der Waals surface area contributed by atoms with E-state index in [9.17, 15) is 0 Å². The Bertz CT molecular complexity index is 476. The Morgan fingerprint density at radius 3 is 1.86 bits per heavy atom. The molecule has 0 aliphatic rings. The van der Waals surface area contributed by atoms with Gasteiger partial charge in [-0.3, -0.25) is 0 Å². The molecule has 0 amide bonds. The first-order valence-corrected chi connectivity index (χ1v) is 11.9. The maximum absolute atomic E-state index is 6.13. The van der Waals surface area contributed by atoms with Crippen LogP contribution in [0.2, 0.25) is 0 Å². The van der Waals surface area contributed by atoms with Gasteiger partial charge in [0.1, 0.15) is 11.5 Å². The summed E-state index contributed by atoms with van der Waals surface area (Å²) >= 11 is 0. The van der Waals surface area contributed by atoms with E-state index in [1.165, 1.54) is 69.8 Å². The van der Waals surface area contributed by atoms with Crippen molar-refractivity contribution in [2.75, 3.05) is 19.8 Å². The van der Waals surface area contributed by atoms with Crippen molar-refractivity contribution < 1.29 is 9.47 Å². The lowest BCUT2D eigenvalue weighted by Crippen LogP contribution is -2.13. The molecule has 28 heavy (non-hydrogen) atoms. The topological polar surface area (TPSA) is 30.5 Å². The normalized spacial score (nSPS) is 11.0. The molecule has 3 heteroatoms. The molecule has 0 bridgehead atoms. The summed E-state index contributed by atoms with van der Waals surface area (Å²) in [5.74, 6) is 1.92. The van der Waals surface area contributed by atoms with E-state index >= 15 is 0 Å². The van der Waals surface area contributed by atoms with E-state index < -0.39 is 0 Å². The Balaban J connectivity index is 2.39. The van der Waals surface area contributed by atoms with Gasteiger partial charge in [-0.15, -0.1) is 0 Å². The Labute approximate surface area is 174 Å². The minimum Gasteiger partial charge on any atom is -0.493 e. The van der Waals surface area contributed by atoms with Crippen LogP contribution in [0, 0.1) is 0 Å². The first-order chi connectivity index (χ1) is 13.8. The lowest BCUT2D eigenvalue weighted by Gasteiger charge is -2.14. The second-order valence-corrected chi connectivity index (χ2v) is 7.78. The van der Waals surface area contributed by atoms with Crippen molar-refractivity contribution in [1.29, 1.82) is 0 Å². The predicted molar refractivity (Wildman–Crippen MR) is 122 cm³/mol. The van der Waals surface area contributed by atoms with Crippen LogP contribution in [0.4, 0.5) is 0 Å². The van der Waals surface area contributed by atoms with Crippen LogP contribution in [0.15, 0.2) is 18.2 Å². The van der Waals surface area contributed by atoms with E-state index in [0.717, 1.165) is 50.6 Å². The highest BCUT2D eigenvalue weighted by atomic mass is 16.5. The minimum atomic E-state index is 0.798. The summed E-state index contributed by atoms with van der Waals surface area (Å²) < 4.78 is 12.1. The van der Waals surface area contributed by atoms with E-state index in [1.807, 2.05) is 0 Å². The fourth-order valence-electron chi connectivity index (χ4n) is 3.30. The lowest BCUT2D eigenvalue weighted by molar-refractivity contribution is 0.287. The first kappa shape index (κ1) is 24.8. The molecule has 0 heterocycles. The van der Waals surface area contributed by atoms with E-state index in [2.05, 4.69) is 44.3 Å². The molecule has 0 aliphatic carbocycles. The molecule has 0 unspecified atom stereocenters. The third kappa shape index (κ3) is 12.3. The average molecular weight is 392 g/mol. The number of hydrogen-bond acceptors (Lipinski definition) is 3. The fourth-order valence-corrected chi connectivity index (χ4v) is 3.30. The molecule has 0 atom stereocenters. The van der Waals surface area contributed by atoms with Crippen molar-refractivity contribution in [3.63, 3.8) is 0 Å². The Kier molecular flexibility index (Phi) is 15.8. The summed E-state index contributed by atoms with van der Waals surface area (Å²) in [6.07, 6.45) is 15.5. The smallest absolute Gasteiger partial charge is 0.127 e. The van der Waals surface area contributed by atoms with Crippen molar-refractivity contribution in [2.24, 2.45) is 0 Å². The third-order valence-electron chi connectivity index (χ3n) is 5.13.